The molecule has 17 heavy (non-hydrogen) atoms. The number of anilines is 1. The molecule has 1 rings (SSSR count). The molecule has 0 saturated carbocycles. The summed E-state index contributed by atoms with van der Waals surface area (Å²) in [7, 11) is 0. The molecule has 3 nitrogen and oxygen atoms in total. The molecule has 94 valence electrons. The summed E-state index contributed by atoms with van der Waals surface area (Å²) in [6.45, 7) is 3.46. The van der Waals surface area contributed by atoms with Crippen LogP contribution in [0.5, 0.6) is 0 Å². The molecule has 0 heterocycles. The van der Waals surface area contributed by atoms with Crippen LogP contribution in [0.1, 0.15) is 13.8 Å². The lowest BCUT2D eigenvalue weighted by Gasteiger charge is -2.15. The highest BCUT2D eigenvalue weighted by Crippen LogP contribution is 2.17. The van der Waals surface area contributed by atoms with E-state index in [4.69, 9.17) is 5.73 Å². The largest absolute Gasteiger partial charge is 0.325 e. The van der Waals surface area contributed by atoms with Crippen LogP contribution in [-0.4, -0.2) is 11.9 Å². The van der Waals surface area contributed by atoms with Gasteiger partial charge in [-0.05, 0) is 5.92 Å². The smallest absolute Gasteiger partial charge is 0.241 e. The molecule has 1 atom stereocenters. The molecule has 0 aliphatic rings. The molecule has 0 unspecified atom stereocenters. The van der Waals surface area contributed by atoms with Crippen molar-refractivity contribution in [2.24, 2.45) is 11.7 Å². The Labute approximate surface area is 96.8 Å². The molecule has 0 bridgehead atoms. The number of hydrogen-bond donors (Lipinski definition) is 2. The Morgan fingerprint density at radius 3 is 2.12 bits per heavy atom. The molecule has 0 spiro atoms. The summed E-state index contributed by atoms with van der Waals surface area (Å²) in [5, 5.41) is 2.22. The second-order valence-corrected chi connectivity index (χ2v) is 4.01. The zero-order valence-corrected chi connectivity index (χ0v) is 9.43. The summed E-state index contributed by atoms with van der Waals surface area (Å²) in [4.78, 5) is 11.5. The minimum Gasteiger partial charge on any atom is -0.325 e. The van der Waals surface area contributed by atoms with E-state index in [-0.39, 0.29) is 11.6 Å². The molecule has 0 aromatic heterocycles. The van der Waals surface area contributed by atoms with Crippen molar-refractivity contribution in [2.45, 2.75) is 19.9 Å². The quantitative estimate of drug-likeness (QED) is 0.802. The normalized spacial score (nSPS) is 12.6. The van der Waals surface area contributed by atoms with Crippen molar-refractivity contribution in [1.29, 1.82) is 0 Å². The van der Waals surface area contributed by atoms with Crippen LogP contribution in [0.2, 0.25) is 0 Å². The maximum absolute atomic E-state index is 12.9. The number of nitrogens with one attached hydrogen (secondary N) is 1. The van der Waals surface area contributed by atoms with Crippen molar-refractivity contribution >= 4 is 11.6 Å². The second-order valence-electron chi connectivity index (χ2n) is 4.01. The standard InChI is InChI=1S/C11H13F3N2O/c1-5(2)10(15)11(17)16-6-3-7(12)9(14)8(13)4-6/h3-5,10H,15H2,1-2H3,(H,16,17)/t10-/m0/s1. The van der Waals surface area contributed by atoms with Gasteiger partial charge in [0.15, 0.2) is 17.5 Å². The number of carbonyl (C=O) groups is 1. The van der Waals surface area contributed by atoms with Crippen LogP contribution in [0.4, 0.5) is 18.9 Å². The molecule has 0 fully saturated rings. The maximum Gasteiger partial charge on any atom is 0.241 e. The van der Waals surface area contributed by atoms with Gasteiger partial charge in [-0.1, -0.05) is 13.8 Å². The van der Waals surface area contributed by atoms with Crippen molar-refractivity contribution in [1.82, 2.24) is 0 Å². The highest BCUT2D eigenvalue weighted by atomic mass is 19.2. The molecule has 1 aromatic rings. The fourth-order valence-electron chi connectivity index (χ4n) is 1.16. The van der Waals surface area contributed by atoms with Crippen LogP contribution in [0, 0.1) is 23.4 Å². The zero-order valence-electron chi connectivity index (χ0n) is 9.43. The van der Waals surface area contributed by atoms with E-state index in [1.54, 1.807) is 13.8 Å². The van der Waals surface area contributed by atoms with Gasteiger partial charge in [0.05, 0.1) is 6.04 Å². The Kier molecular flexibility index (Phi) is 4.11. The molecule has 1 aromatic carbocycles. The summed E-state index contributed by atoms with van der Waals surface area (Å²) in [5.41, 5.74) is 5.38. The minimum absolute atomic E-state index is 0.120. The molecular formula is C11H13F3N2O. The summed E-state index contributed by atoms with van der Waals surface area (Å²) < 4.78 is 38.4. The first-order valence-electron chi connectivity index (χ1n) is 5.04. The van der Waals surface area contributed by atoms with Gasteiger partial charge in [-0.15, -0.1) is 0 Å². The molecule has 0 saturated heterocycles. The van der Waals surface area contributed by atoms with Gasteiger partial charge in [-0.2, -0.15) is 0 Å². The Morgan fingerprint density at radius 2 is 1.71 bits per heavy atom. The molecule has 1 amide bonds. The van der Waals surface area contributed by atoms with Gasteiger partial charge < -0.3 is 11.1 Å². The van der Waals surface area contributed by atoms with Crippen LogP contribution in [0.25, 0.3) is 0 Å². The second kappa shape index (κ2) is 5.18. The average Bonchev–Trinajstić information content (AvgIpc) is 2.24. The van der Waals surface area contributed by atoms with Crippen molar-refractivity contribution in [3.8, 4) is 0 Å². The van der Waals surface area contributed by atoms with Crippen molar-refractivity contribution in [2.75, 3.05) is 5.32 Å². The third-order valence-corrected chi connectivity index (χ3v) is 2.27. The van der Waals surface area contributed by atoms with E-state index in [1.807, 2.05) is 0 Å². The third kappa shape index (κ3) is 3.20. The molecule has 6 heteroatoms. The summed E-state index contributed by atoms with van der Waals surface area (Å²) in [6, 6.07) is 0.596. The summed E-state index contributed by atoms with van der Waals surface area (Å²) in [6.07, 6.45) is 0. The van der Waals surface area contributed by atoms with Crippen LogP contribution in [0.3, 0.4) is 0 Å². The van der Waals surface area contributed by atoms with Crippen molar-refractivity contribution in [3.05, 3.63) is 29.6 Å². The molecule has 0 aliphatic heterocycles. The molecular weight excluding hydrogens is 233 g/mol. The highest BCUT2D eigenvalue weighted by molar-refractivity contribution is 5.94. The number of carbonyl (C=O) groups excluding carboxylic acids is 1. The van der Waals surface area contributed by atoms with Crippen LogP contribution >= 0.6 is 0 Å². The number of nitrogens with two attached hydrogens (primary N) is 1. The van der Waals surface area contributed by atoms with Gasteiger partial charge in [0, 0.05) is 17.8 Å². The molecule has 0 radical (unpaired) electrons. The Balaban J connectivity index is 2.86. The monoisotopic (exact) mass is 246 g/mol. The topological polar surface area (TPSA) is 55.1 Å². The lowest BCUT2D eigenvalue weighted by Crippen LogP contribution is -2.39. The first-order chi connectivity index (χ1) is 7.82. The van der Waals surface area contributed by atoms with E-state index in [2.05, 4.69) is 5.32 Å². The molecule has 3 N–H and O–H groups in total. The SMILES string of the molecule is CC(C)[C@H](N)C(=O)Nc1cc(F)c(F)c(F)c1. The maximum atomic E-state index is 12.9. The predicted molar refractivity (Wildman–Crippen MR) is 57.8 cm³/mol. The lowest BCUT2D eigenvalue weighted by atomic mass is 10.0. The van der Waals surface area contributed by atoms with E-state index in [9.17, 15) is 18.0 Å². The predicted octanol–water partition coefficient (Wildman–Crippen LogP) is 2.03. The van der Waals surface area contributed by atoms with Gasteiger partial charge in [-0.3, -0.25) is 4.79 Å². The Hall–Kier alpha value is -1.56. The first kappa shape index (κ1) is 13.5. The van der Waals surface area contributed by atoms with Crippen LogP contribution in [-0.2, 0) is 4.79 Å². The van der Waals surface area contributed by atoms with Crippen molar-refractivity contribution < 1.29 is 18.0 Å². The minimum atomic E-state index is -1.57. The van der Waals surface area contributed by atoms with Crippen molar-refractivity contribution in [3.63, 3.8) is 0 Å². The van der Waals surface area contributed by atoms with Crippen LogP contribution in [0.15, 0.2) is 12.1 Å². The number of rotatable bonds is 3. The third-order valence-electron chi connectivity index (χ3n) is 2.27. The first-order valence-corrected chi connectivity index (χ1v) is 5.04. The van der Waals surface area contributed by atoms with Gasteiger partial charge in [0.25, 0.3) is 0 Å². The van der Waals surface area contributed by atoms with Gasteiger partial charge in [0.2, 0.25) is 5.91 Å². The summed E-state index contributed by atoms with van der Waals surface area (Å²) >= 11 is 0. The number of hydrogen-bond acceptors (Lipinski definition) is 2. The van der Waals surface area contributed by atoms with E-state index < -0.39 is 29.4 Å². The number of amides is 1. The molecule has 0 aliphatic carbocycles. The Bertz CT molecular complexity index is 412. The van der Waals surface area contributed by atoms with Crippen LogP contribution < -0.4 is 11.1 Å². The summed E-state index contributed by atoms with van der Waals surface area (Å²) in [5.74, 6) is -5.00. The number of benzene rings is 1. The van der Waals surface area contributed by atoms with E-state index in [0.717, 1.165) is 0 Å². The Morgan fingerprint density at radius 1 is 1.24 bits per heavy atom. The lowest BCUT2D eigenvalue weighted by molar-refractivity contribution is -0.118. The zero-order chi connectivity index (χ0) is 13.2. The number of halogens is 3. The fraction of sp³-hybridized carbons (Fsp3) is 0.364. The average molecular weight is 246 g/mol. The highest BCUT2D eigenvalue weighted by Gasteiger charge is 2.18. The van der Waals surface area contributed by atoms with Gasteiger partial charge >= 0.3 is 0 Å². The van der Waals surface area contributed by atoms with Gasteiger partial charge in [0.1, 0.15) is 0 Å². The van der Waals surface area contributed by atoms with Gasteiger partial charge in [-0.25, -0.2) is 13.2 Å². The van der Waals surface area contributed by atoms with E-state index in [1.165, 1.54) is 0 Å². The van der Waals surface area contributed by atoms with E-state index in [0.29, 0.717) is 12.1 Å². The fourth-order valence-corrected chi connectivity index (χ4v) is 1.16. The van der Waals surface area contributed by atoms with E-state index >= 15 is 0 Å².